The van der Waals surface area contributed by atoms with Gasteiger partial charge in [-0.1, -0.05) is 5.11 Å². The van der Waals surface area contributed by atoms with E-state index in [1.54, 1.807) is 7.11 Å². The van der Waals surface area contributed by atoms with Gasteiger partial charge in [-0.2, -0.15) is 0 Å². The Morgan fingerprint density at radius 3 is 2.69 bits per heavy atom. The number of hydrogen-bond acceptors (Lipinski definition) is 3. The molecule has 1 aromatic rings. The van der Waals surface area contributed by atoms with E-state index in [0.29, 0.717) is 0 Å². The second-order valence-corrected chi connectivity index (χ2v) is 3.61. The van der Waals surface area contributed by atoms with E-state index in [2.05, 4.69) is 10.0 Å². The van der Waals surface area contributed by atoms with Gasteiger partial charge in [0.1, 0.15) is 5.75 Å². The summed E-state index contributed by atoms with van der Waals surface area (Å²) in [6.45, 7) is 3.84. The molecule has 1 aromatic carbocycles. The minimum absolute atomic E-state index is 0.0448. The molecule has 0 aromatic heterocycles. The molecule has 0 fully saturated rings. The SMILES string of the molecule is COc1cc(C)c(C(O)CN=[N+]=[N-])cc1C. The fourth-order valence-electron chi connectivity index (χ4n) is 1.60. The fourth-order valence-corrected chi connectivity index (χ4v) is 1.60. The van der Waals surface area contributed by atoms with Crippen LogP contribution in [0.15, 0.2) is 17.2 Å². The highest BCUT2D eigenvalue weighted by Gasteiger charge is 2.12. The van der Waals surface area contributed by atoms with Crippen LogP contribution in [0.2, 0.25) is 0 Å². The van der Waals surface area contributed by atoms with Crippen molar-refractivity contribution in [2.45, 2.75) is 20.0 Å². The summed E-state index contributed by atoms with van der Waals surface area (Å²) in [5.41, 5.74) is 10.8. The normalized spacial score (nSPS) is 11.8. The van der Waals surface area contributed by atoms with Crippen molar-refractivity contribution in [1.82, 2.24) is 0 Å². The van der Waals surface area contributed by atoms with Crippen molar-refractivity contribution in [2.24, 2.45) is 5.11 Å². The molecule has 1 N–H and O–H groups in total. The first kappa shape index (κ1) is 12.4. The van der Waals surface area contributed by atoms with E-state index < -0.39 is 6.10 Å². The Kier molecular flexibility index (Phi) is 4.17. The first-order chi connectivity index (χ1) is 7.60. The van der Waals surface area contributed by atoms with Crippen LogP contribution >= 0.6 is 0 Å². The van der Waals surface area contributed by atoms with Crippen LogP contribution in [0.1, 0.15) is 22.8 Å². The Balaban J connectivity index is 3.05. The molecule has 5 nitrogen and oxygen atoms in total. The molecule has 0 aliphatic heterocycles. The van der Waals surface area contributed by atoms with Crippen LogP contribution in [-0.2, 0) is 0 Å². The molecule has 86 valence electrons. The van der Waals surface area contributed by atoms with Crippen molar-refractivity contribution in [2.75, 3.05) is 13.7 Å². The lowest BCUT2D eigenvalue weighted by Crippen LogP contribution is -2.04. The number of methoxy groups -OCH3 is 1. The molecule has 1 rings (SSSR count). The number of rotatable bonds is 4. The third-order valence-electron chi connectivity index (χ3n) is 2.46. The summed E-state index contributed by atoms with van der Waals surface area (Å²) in [6, 6.07) is 3.72. The van der Waals surface area contributed by atoms with Crippen LogP contribution in [-0.4, -0.2) is 18.8 Å². The Bertz CT molecular complexity index is 425. The maximum Gasteiger partial charge on any atom is 0.122 e. The lowest BCUT2D eigenvalue weighted by Gasteiger charge is -2.14. The monoisotopic (exact) mass is 221 g/mol. The zero-order valence-electron chi connectivity index (χ0n) is 9.64. The van der Waals surface area contributed by atoms with Crippen LogP contribution in [0.5, 0.6) is 5.75 Å². The summed E-state index contributed by atoms with van der Waals surface area (Å²) in [5.74, 6) is 0.789. The predicted octanol–water partition coefficient (Wildman–Crippen LogP) is 2.66. The Morgan fingerprint density at radius 1 is 1.44 bits per heavy atom. The van der Waals surface area contributed by atoms with Gasteiger partial charge in [-0.3, -0.25) is 0 Å². The Morgan fingerprint density at radius 2 is 2.12 bits per heavy atom. The van der Waals surface area contributed by atoms with Gasteiger partial charge in [0.15, 0.2) is 0 Å². The molecule has 0 saturated heterocycles. The van der Waals surface area contributed by atoms with Crippen molar-refractivity contribution in [3.63, 3.8) is 0 Å². The van der Waals surface area contributed by atoms with Gasteiger partial charge in [0.05, 0.1) is 19.8 Å². The molecule has 1 atom stereocenters. The number of azide groups is 1. The van der Waals surface area contributed by atoms with Crippen LogP contribution in [0, 0.1) is 13.8 Å². The van der Waals surface area contributed by atoms with Gasteiger partial charge in [0.2, 0.25) is 0 Å². The summed E-state index contributed by atoms with van der Waals surface area (Å²) in [6.07, 6.45) is -0.763. The Hall–Kier alpha value is -1.71. The molecule has 5 heteroatoms. The maximum atomic E-state index is 9.81. The maximum absolute atomic E-state index is 9.81. The minimum Gasteiger partial charge on any atom is -0.496 e. The summed E-state index contributed by atoms with van der Waals surface area (Å²) in [5, 5.41) is 13.2. The van der Waals surface area contributed by atoms with Crippen molar-refractivity contribution >= 4 is 0 Å². The average molecular weight is 221 g/mol. The first-order valence-electron chi connectivity index (χ1n) is 4.94. The van der Waals surface area contributed by atoms with E-state index in [0.717, 1.165) is 22.4 Å². The van der Waals surface area contributed by atoms with E-state index in [1.807, 2.05) is 26.0 Å². The van der Waals surface area contributed by atoms with Crippen LogP contribution in [0.4, 0.5) is 0 Å². The Labute approximate surface area is 94.3 Å². The number of aryl methyl sites for hydroxylation is 2. The lowest BCUT2D eigenvalue weighted by molar-refractivity contribution is 0.186. The number of hydrogen-bond donors (Lipinski definition) is 1. The number of ether oxygens (including phenoxy) is 1. The number of nitrogens with zero attached hydrogens (tertiary/aromatic N) is 3. The molecule has 0 bridgehead atoms. The standard InChI is InChI=1S/C11H15N3O2/c1-7-5-11(16-3)8(2)4-9(7)10(15)6-13-14-12/h4-5,10,15H,6H2,1-3H3. The quantitative estimate of drug-likeness (QED) is 0.482. The third-order valence-corrected chi connectivity index (χ3v) is 2.46. The van der Waals surface area contributed by atoms with Gasteiger partial charge in [-0.25, -0.2) is 0 Å². The molecule has 0 aliphatic carbocycles. The van der Waals surface area contributed by atoms with Crippen molar-refractivity contribution in [3.8, 4) is 5.75 Å². The predicted molar refractivity (Wildman–Crippen MR) is 61.4 cm³/mol. The second-order valence-electron chi connectivity index (χ2n) is 3.61. The summed E-state index contributed by atoms with van der Waals surface area (Å²) in [7, 11) is 1.61. The molecule has 1 unspecified atom stereocenters. The van der Waals surface area contributed by atoms with E-state index in [4.69, 9.17) is 10.3 Å². The molecule has 0 aliphatic rings. The van der Waals surface area contributed by atoms with E-state index in [-0.39, 0.29) is 6.54 Å². The smallest absolute Gasteiger partial charge is 0.122 e. The topological polar surface area (TPSA) is 78.2 Å². The molecule has 0 spiro atoms. The number of benzene rings is 1. The van der Waals surface area contributed by atoms with E-state index >= 15 is 0 Å². The van der Waals surface area contributed by atoms with E-state index in [1.165, 1.54) is 0 Å². The summed E-state index contributed by atoms with van der Waals surface area (Å²) >= 11 is 0. The van der Waals surface area contributed by atoms with Crippen LogP contribution in [0.3, 0.4) is 0 Å². The van der Waals surface area contributed by atoms with Crippen molar-refractivity contribution < 1.29 is 9.84 Å². The summed E-state index contributed by atoms with van der Waals surface area (Å²) in [4.78, 5) is 2.63. The van der Waals surface area contributed by atoms with Crippen LogP contribution < -0.4 is 4.74 Å². The number of aliphatic hydroxyl groups is 1. The fraction of sp³-hybridized carbons (Fsp3) is 0.455. The third kappa shape index (κ3) is 2.66. The van der Waals surface area contributed by atoms with Gasteiger partial charge < -0.3 is 9.84 Å². The highest BCUT2D eigenvalue weighted by molar-refractivity contribution is 5.42. The minimum atomic E-state index is -0.763. The van der Waals surface area contributed by atoms with Gasteiger partial charge in [0, 0.05) is 4.91 Å². The van der Waals surface area contributed by atoms with E-state index in [9.17, 15) is 5.11 Å². The molecule has 16 heavy (non-hydrogen) atoms. The zero-order valence-corrected chi connectivity index (χ0v) is 9.64. The zero-order chi connectivity index (χ0) is 12.1. The number of aliphatic hydroxyl groups excluding tert-OH is 1. The van der Waals surface area contributed by atoms with Gasteiger partial charge in [0.25, 0.3) is 0 Å². The van der Waals surface area contributed by atoms with Crippen LogP contribution in [0.25, 0.3) is 10.4 Å². The average Bonchev–Trinajstić information content (AvgIpc) is 2.28. The molecule has 0 amide bonds. The first-order valence-corrected chi connectivity index (χ1v) is 4.94. The second kappa shape index (κ2) is 5.39. The molecule has 0 heterocycles. The van der Waals surface area contributed by atoms with Crippen molar-refractivity contribution in [1.29, 1.82) is 0 Å². The largest absolute Gasteiger partial charge is 0.496 e. The van der Waals surface area contributed by atoms with Gasteiger partial charge >= 0.3 is 0 Å². The summed E-state index contributed by atoms with van der Waals surface area (Å²) < 4.78 is 5.18. The van der Waals surface area contributed by atoms with Gasteiger partial charge in [-0.05, 0) is 48.2 Å². The lowest BCUT2D eigenvalue weighted by atomic mass is 10.00. The molecular weight excluding hydrogens is 206 g/mol. The molecular formula is C11H15N3O2. The van der Waals surface area contributed by atoms with Gasteiger partial charge in [-0.15, -0.1) is 0 Å². The highest BCUT2D eigenvalue weighted by Crippen LogP contribution is 2.26. The molecule has 0 saturated carbocycles. The highest BCUT2D eigenvalue weighted by atomic mass is 16.5. The van der Waals surface area contributed by atoms with Crippen molar-refractivity contribution in [3.05, 3.63) is 39.3 Å². The molecule has 0 radical (unpaired) electrons.